The van der Waals surface area contributed by atoms with Gasteiger partial charge < -0.3 is 15.7 Å². The van der Waals surface area contributed by atoms with E-state index >= 15 is 0 Å². The van der Waals surface area contributed by atoms with Crippen molar-refractivity contribution in [3.8, 4) is 5.75 Å². The Bertz CT molecular complexity index is 487. The molecule has 2 rings (SSSR count). The molecular formula is C14H21N3O2S. The van der Waals surface area contributed by atoms with Crippen LogP contribution in [0.4, 0.5) is 0 Å². The van der Waals surface area contributed by atoms with Gasteiger partial charge in [-0.15, -0.1) is 0 Å². The number of amidine groups is 1. The number of hydrogen-bond donors (Lipinski definition) is 2. The van der Waals surface area contributed by atoms with Crippen LogP contribution in [0.3, 0.4) is 0 Å². The van der Waals surface area contributed by atoms with Gasteiger partial charge in [0.1, 0.15) is 5.75 Å². The molecule has 1 aromatic carbocycles. The van der Waals surface area contributed by atoms with E-state index < -0.39 is 0 Å². The summed E-state index contributed by atoms with van der Waals surface area (Å²) in [4.78, 5) is 2.37. The fraction of sp³-hybridized carbons (Fsp3) is 0.500. The lowest BCUT2D eigenvalue weighted by molar-refractivity contribution is 0.254. The Morgan fingerprint density at radius 2 is 2.40 bits per heavy atom. The van der Waals surface area contributed by atoms with Crippen LogP contribution in [0.1, 0.15) is 17.5 Å². The maximum atomic E-state index is 8.76. The first-order chi connectivity index (χ1) is 9.65. The Morgan fingerprint density at radius 1 is 1.60 bits per heavy atom. The van der Waals surface area contributed by atoms with Gasteiger partial charge in [-0.05, 0) is 36.9 Å². The van der Waals surface area contributed by atoms with E-state index in [-0.39, 0.29) is 5.84 Å². The zero-order chi connectivity index (χ0) is 14.5. The monoisotopic (exact) mass is 295 g/mol. The minimum Gasteiger partial charge on any atom is -0.496 e. The van der Waals surface area contributed by atoms with Crippen LogP contribution in [-0.2, 0) is 6.54 Å². The molecule has 6 heteroatoms. The lowest BCUT2D eigenvalue weighted by Crippen LogP contribution is -2.30. The van der Waals surface area contributed by atoms with Gasteiger partial charge in [0.05, 0.1) is 12.7 Å². The lowest BCUT2D eigenvalue weighted by Gasteiger charge is -2.23. The molecule has 0 aromatic heterocycles. The Hall–Kier alpha value is -1.40. The van der Waals surface area contributed by atoms with Gasteiger partial charge in [0.25, 0.3) is 0 Å². The predicted molar refractivity (Wildman–Crippen MR) is 82.7 cm³/mol. The molecule has 0 spiro atoms. The Labute approximate surface area is 123 Å². The van der Waals surface area contributed by atoms with Crippen molar-refractivity contribution in [3.05, 3.63) is 29.3 Å². The van der Waals surface area contributed by atoms with E-state index in [2.05, 4.69) is 17.1 Å². The van der Waals surface area contributed by atoms with Crippen molar-refractivity contribution in [2.24, 2.45) is 10.9 Å². The molecule has 110 valence electrons. The average molecular weight is 295 g/mol. The summed E-state index contributed by atoms with van der Waals surface area (Å²) in [6.07, 6.45) is 1.25. The number of benzene rings is 1. The zero-order valence-corrected chi connectivity index (χ0v) is 12.7. The van der Waals surface area contributed by atoms with Crippen molar-refractivity contribution < 1.29 is 9.94 Å². The standard InChI is InChI=1S/C14H21N3O2S/c1-17(11-5-6-20-9-11)8-10-3-4-12(14(15)16-18)13(7-10)19-2/h3-4,7,11,18H,5-6,8-9H2,1-2H3,(H2,15,16). The first kappa shape index (κ1) is 15.0. The van der Waals surface area contributed by atoms with Crippen LogP contribution in [0, 0.1) is 0 Å². The van der Waals surface area contributed by atoms with Crippen molar-refractivity contribution in [2.45, 2.75) is 19.0 Å². The zero-order valence-electron chi connectivity index (χ0n) is 11.9. The highest BCUT2D eigenvalue weighted by atomic mass is 32.2. The lowest BCUT2D eigenvalue weighted by atomic mass is 10.1. The number of rotatable bonds is 5. The molecular weight excluding hydrogens is 274 g/mol. The smallest absolute Gasteiger partial charge is 0.173 e. The quantitative estimate of drug-likeness (QED) is 0.375. The molecule has 1 atom stereocenters. The van der Waals surface area contributed by atoms with Crippen molar-refractivity contribution in [1.82, 2.24) is 4.90 Å². The molecule has 1 aliphatic rings. The topological polar surface area (TPSA) is 71.1 Å². The maximum absolute atomic E-state index is 8.76. The Morgan fingerprint density at radius 3 is 3.00 bits per heavy atom. The molecule has 1 aliphatic heterocycles. The molecule has 3 N–H and O–H groups in total. The second kappa shape index (κ2) is 6.85. The second-order valence-electron chi connectivity index (χ2n) is 4.95. The number of ether oxygens (including phenoxy) is 1. The molecule has 0 aliphatic carbocycles. The third-order valence-corrected chi connectivity index (χ3v) is 4.76. The molecule has 1 unspecified atom stereocenters. The summed E-state index contributed by atoms with van der Waals surface area (Å²) in [5.41, 5.74) is 7.40. The van der Waals surface area contributed by atoms with Crippen LogP contribution in [0.25, 0.3) is 0 Å². The van der Waals surface area contributed by atoms with Crippen LogP contribution in [0.2, 0.25) is 0 Å². The minimum atomic E-state index is 0.0638. The van der Waals surface area contributed by atoms with Crippen LogP contribution in [-0.4, -0.2) is 47.6 Å². The normalized spacial score (nSPS) is 19.6. The molecule has 20 heavy (non-hydrogen) atoms. The number of methoxy groups -OCH3 is 1. The van der Waals surface area contributed by atoms with Gasteiger partial charge >= 0.3 is 0 Å². The first-order valence-electron chi connectivity index (χ1n) is 6.58. The van der Waals surface area contributed by atoms with Crippen molar-refractivity contribution in [2.75, 3.05) is 25.7 Å². The van der Waals surface area contributed by atoms with Crippen molar-refractivity contribution >= 4 is 17.6 Å². The van der Waals surface area contributed by atoms with E-state index in [4.69, 9.17) is 15.7 Å². The number of hydrogen-bond acceptors (Lipinski definition) is 5. The number of nitrogens with zero attached hydrogens (tertiary/aromatic N) is 2. The largest absolute Gasteiger partial charge is 0.496 e. The van der Waals surface area contributed by atoms with Crippen LogP contribution < -0.4 is 10.5 Å². The molecule has 0 saturated carbocycles. The van der Waals surface area contributed by atoms with Crippen molar-refractivity contribution in [3.63, 3.8) is 0 Å². The maximum Gasteiger partial charge on any atom is 0.173 e. The fourth-order valence-corrected chi connectivity index (χ4v) is 3.68. The van der Waals surface area contributed by atoms with Gasteiger partial charge in [-0.3, -0.25) is 4.90 Å². The average Bonchev–Trinajstić information content (AvgIpc) is 3.00. The highest BCUT2D eigenvalue weighted by Gasteiger charge is 2.20. The van der Waals surface area contributed by atoms with Gasteiger partial charge in [-0.25, -0.2) is 0 Å². The van der Waals surface area contributed by atoms with Gasteiger partial charge in [-0.1, -0.05) is 11.2 Å². The van der Waals surface area contributed by atoms with Gasteiger partial charge in [0.15, 0.2) is 5.84 Å². The summed E-state index contributed by atoms with van der Waals surface area (Å²) < 4.78 is 5.32. The molecule has 1 saturated heterocycles. The summed E-state index contributed by atoms with van der Waals surface area (Å²) in [5, 5.41) is 11.8. The highest BCUT2D eigenvalue weighted by Crippen LogP contribution is 2.25. The van der Waals surface area contributed by atoms with Crippen LogP contribution in [0.5, 0.6) is 5.75 Å². The first-order valence-corrected chi connectivity index (χ1v) is 7.74. The Balaban J connectivity index is 2.12. The fourth-order valence-electron chi connectivity index (χ4n) is 2.39. The number of oxime groups is 1. The van der Waals surface area contributed by atoms with E-state index in [0.717, 1.165) is 12.1 Å². The number of thioether (sulfide) groups is 1. The summed E-state index contributed by atoms with van der Waals surface area (Å²) in [6, 6.07) is 6.43. The van der Waals surface area contributed by atoms with Gasteiger partial charge in [0.2, 0.25) is 0 Å². The van der Waals surface area contributed by atoms with Gasteiger partial charge in [-0.2, -0.15) is 11.8 Å². The third kappa shape index (κ3) is 3.37. The minimum absolute atomic E-state index is 0.0638. The molecule has 0 bridgehead atoms. The summed E-state index contributed by atoms with van der Waals surface area (Å²) in [6.45, 7) is 0.873. The van der Waals surface area contributed by atoms with Crippen LogP contribution in [0.15, 0.2) is 23.4 Å². The van der Waals surface area contributed by atoms with Gasteiger partial charge in [0, 0.05) is 18.3 Å². The summed E-state index contributed by atoms with van der Waals surface area (Å²) in [5.74, 6) is 3.15. The summed E-state index contributed by atoms with van der Waals surface area (Å²) >= 11 is 2.01. The third-order valence-electron chi connectivity index (χ3n) is 3.61. The predicted octanol–water partition coefficient (Wildman–Crippen LogP) is 1.73. The van der Waals surface area contributed by atoms with Crippen molar-refractivity contribution in [1.29, 1.82) is 0 Å². The SMILES string of the molecule is COc1cc(CN(C)C2CCSC2)ccc1/C(N)=N/O. The molecule has 1 fully saturated rings. The Kier molecular flexibility index (Phi) is 5.14. The van der Waals surface area contributed by atoms with Crippen LogP contribution >= 0.6 is 11.8 Å². The molecule has 5 nitrogen and oxygen atoms in total. The highest BCUT2D eigenvalue weighted by molar-refractivity contribution is 7.99. The van der Waals surface area contributed by atoms with E-state index in [0.29, 0.717) is 17.4 Å². The number of nitrogens with two attached hydrogens (primary N) is 1. The summed E-state index contributed by atoms with van der Waals surface area (Å²) in [7, 11) is 3.74. The van der Waals surface area contributed by atoms with E-state index in [1.54, 1.807) is 7.11 Å². The van der Waals surface area contributed by atoms with E-state index in [9.17, 15) is 0 Å². The molecule has 1 aromatic rings. The second-order valence-corrected chi connectivity index (χ2v) is 6.10. The van der Waals surface area contributed by atoms with E-state index in [1.165, 1.54) is 17.9 Å². The molecule has 0 radical (unpaired) electrons. The van der Waals surface area contributed by atoms with E-state index in [1.807, 2.05) is 30.0 Å². The molecule has 0 amide bonds. The molecule has 1 heterocycles.